The Hall–Kier alpha value is -1.52. The van der Waals surface area contributed by atoms with Gasteiger partial charge < -0.3 is 18.9 Å². The van der Waals surface area contributed by atoms with Crippen LogP contribution in [0.5, 0.6) is 0 Å². The van der Waals surface area contributed by atoms with Crippen molar-refractivity contribution in [1.82, 2.24) is 4.90 Å². The minimum atomic E-state index is -1.06. The molecule has 2 atom stereocenters. The number of carbonyl (C=O) groups is 1. The maximum absolute atomic E-state index is 14.8. The number of ether oxygens (including phenoxy) is 1. The molecular formula is C19H29BFNO4. The largest absolute Gasteiger partial charge is 0.524 e. The number of hydrogen-bond acceptors (Lipinski definition) is 4. The summed E-state index contributed by atoms with van der Waals surface area (Å²) in [6.45, 7) is 13.5. The fourth-order valence-electron chi connectivity index (χ4n) is 2.89. The first-order valence-electron chi connectivity index (χ1n) is 8.92. The summed E-state index contributed by atoms with van der Waals surface area (Å²) >= 11 is 0. The average Bonchev–Trinajstić information content (AvgIpc) is 2.96. The average molecular weight is 365 g/mol. The van der Waals surface area contributed by atoms with E-state index in [1.54, 1.807) is 20.8 Å². The van der Waals surface area contributed by atoms with Gasteiger partial charge >= 0.3 is 13.2 Å². The van der Waals surface area contributed by atoms with E-state index in [1.807, 2.05) is 27.7 Å². The Morgan fingerprint density at radius 1 is 1.27 bits per heavy atom. The van der Waals surface area contributed by atoms with Crippen molar-refractivity contribution < 1.29 is 23.2 Å². The van der Waals surface area contributed by atoms with E-state index >= 15 is 0 Å². The van der Waals surface area contributed by atoms with Gasteiger partial charge in [0.1, 0.15) is 11.3 Å². The first-order valence-corrected chi connectivity index (χ1v) is 8.92. The summed E-state index contributed by atoms with van der Waals surface area (Å²) in [6.07, 6.45) is 6.57. The molecule has 0 aliphatic carbocycles. The second kappa shape index (κ2) is 6.90. The molecule has 0 aromatic rings. The molecule has 0 aromatic carbocycles. The van der Waals surface area contributed by atoms with E-state index in [9.17, 15) is 9.18 Å². The van der Waals surface area contributed by atoms with E-state index in [2.05, 4.69) is 5.92 Å². The third kappa shape index (κ3) is 4.42. The summed E-state index contributed by atoms with van der Waals surface area (Å²) in [5.74, 6) is 2.05. The quantitative estimate of drug-likeness (QED) is 0.554. The predicted molar refractivity (Wildman–Crippen MR) is 98.9 cm³/mol. The monoisotopic (exact) mass is 365 g/mol. The molecule has 7 heteroatoms. The van der Waals surface area contributed by atoms with Crippen LogP contribution < -0.4 is 0 Å². The lowest BCUT2D eigenvalue weighted by Gasteiger charge is -2.32. The Bertz CT molecular complexity index is 616. The van der Waals surface area contributed by atoms with E-state index in [0.717, 1.165) is 0 Å². The second-order valence-corrected chi connectivity index (χ2v) is 8.96. The van der Waals surface area contributed by atoms with Crippen LogP contribution in [0.4, 0.5) is 9.18 Å². The lowest BCUT2D eigenvalue weighted by atomic mass is 9.84. The van der Waals surface area contributed by atoms with Crippen molar-refractivity contribution >= 4 is 13.2 Å². The van der Waals surface area contributed by atoms with Crippen LogP contribution in [0.2, 0.25) is 0 Å². The maximum atomic E-state index is 14.8. The molecule has 26 heavy (non-hydrogen) atoms. The fourth-order valence-corrected chi connectivity index (χ4v) is 2.89. The molecule has 0 bridgehead atoms. The van der Waals surface area contributed by atoms with Crippen LogP contribution >= 0.6 is 0 Å². The van der Waals surface area contributed by atoms with Crippen LogP contribution in [0, 0.1) is 24.2 Å². The predicted octanol–water partition coefficient (Wildman–Crippen LogP) is 3.59. The Morgan fingerprint density at radius 3 is 2.27 bits per heavy atom. The first-order chi connectivity index (χ1) is 11.8. The van der Waals surface area contributed by atoms with E-state index in [-0.39, 0.29) is 11.8 Å². The Kier molecular flexibility index (Phi) is 5.52. The van der Waals surface area contributed by atoms with E-state index in [1.165, 1.54) is 11.0 Å². The van der Waals surface area contributed by atoms with Crippen LogP contribution in [0.25, 0.3) is 0 Å². The Balaban J connectivity index is 2.09. The van der Waals surface area contributed by atoms with Crippen molar-refractivity contribution in [2.75, 3.05) is 13.1 Å². The van der Waals surface area contributed by atoms with Gasteiger partial charge in [-0.2, -0.15) is 0 Å². The molecule has 2 aliphatic heterocycles. The maximum Gasteiger partial charge on any atom is 0.524 e. The molecule has 2 unspecified atom stereocenters. The van der Waals surface area contributed by atoms with Crippen LogP contribution in [-0.4, -0.2) is 48.0 Å². The molecule has 2 fully saturated rings. The van der Waals surface area contributed by atoms with E-state index in [4.69, 9.17) is 20.5 Å². The minimum Gasteiger partial charge on any atom is -0.444 e. The van der Waals surface area contributed by atoms with Crippen LogP contribution in [0.3, 0.4) is 0 Å². The smallest absolute Gasteiger partial charge is 0.444 e. The SMILES string of the molecule is C#CC1CN(C(=O)OC(C)(C)C)CC1C=C(F)B1OC(C)(C)C(C)(C)O1. The number of nitrogens with zero attached hydrogens (tertiary/aromatic N) is 1. The van der Waals surface area contributed by atoms with Crippen LogP contribution in [0.1, 0.15) is 48.5 Å². The zero-order valence-corrected chi connectivity index (χ0v) is 16.8. The van der Waals surface area contributed by atoms with Gasteiger partial charge in [0, 0.05) is 24.9 Å². The number of rotatable bonds is 2. The molecular weight excluding hydrogens is 336 g/mol. The van der Waals surface area contributed by atoms with Gasteiger partial charge in [0.15, 0.2) is 0 Å². The van der Waals surface area contributed by atoms with Crippen LogP contribution in [-0.2, 0) is 14.0 Å². The van der Waals surface area contributed by atoms with Gasteiger partial charge in [-0.15, -0.1) is 12.3 Å². The molecule has 144 valence electrons. The third-order valence-corrected chi connectivity index (χ3v) is 5.08. The highest BCUT2D eigenvalue weighted by atomic mass is 19.1. The van der Waals surface area contributed by atoms with Crippen LogP contribution in [0.15, 0.2) is 11.8 Å². The summed E-state index contributed by atoms with van der Waals surface area (Å²) < 4.78 is 31.6. The first kappa shape index (κ1) is 20.8. The number of amides is 1. The molecule has 0 N–H and O–H groups in total. The number of hydrogen-bond donors (Lipinski definition) is 0. The molecule has 1 amide bonds. The van der Waals surface area contributed by atoms with E-state index < -0.39 is 35.7 Å². The van der Waals surface area contributed by atoms with Crippen molar-refractivity contribution in [2.24, 2.45) is 11.8 Å². The fraction of sp³-hybridized carbons (Fsp3) is 0.737. The van der Waals surface area contributed by atoms with Crippen molar-refractivity contribution in [3.8, 4) is 12.3 Å². The molecule has 0 saturated carbocycles. The van der Waals surface area contributed by atoms with Crippen molar-refractivity contribution in [3.05, 3.63) is 11.8 Å². The standard InChI is InChI=1S/C19H29BFNO4/c1-9-13-11-22(16(23)24-17(2,3)4)12-14(13)10-15(21)20-25-18(5,6)19(7,8)26-20/h1,10,13-14H,11-12H2,2-8H3. The minimum absolute atomic E-state index is 0.282. The number of likely N-dealkylation sites (tertiary alicyclic amines) is 1. The number of carbonyl (C=O) groups excluding carboxylic acids is 1. The summed E-state index contributed by atoms with van der Waals surface area (Å²) in [4.78, 5) is 13.8. The summed E-state index contributed by atoms with van der Waals surface area (Å²) in [7, 11) is -1.06. The summed E-state index contributed by atoms with van der Waals surface area (Å²) in [5, 5.41) is 0. The number of halogens is 1. The highest BCUT2D eigenvalue weighted by Crippen LogP contribution is 2.39. The summed E-state index contributed by atoms with van der Waals surface area (Å²) in [5.41, 5.74) is -2.34. The van der Waals surface area contributed by atoms with Gasteiger partial charge in [-0.3, -0.25) is 0 Å². The molecule has 2 aliphatic rings. The molecule has 0 radical (unpaired) electrons. The van der Waals surface area contributed by atoms with Crippen molar-refractivity contribution in [2.45, 2.75) is 65.3 Å². The van der Waals surface area contributed by atoms with Gasteiger partial charge in [0.05, 0.1) is 11.2 Å². The van der Waals surface area contributed by atoms with Crippen molar-refractivity contribution in [3.63, 3.8) is 0 Å². The normalized spacial score (nSPS) is 28.2. The van der Waals surface area contributed by atoms with Crippen molar-refractivity contribution in [1.29, 1.82) is 0 Å². The number of terminal acetylenes is 1. The molecule has 0 spiro atoms. The van der Waals surface area contributed by atoms with E-state index in [0.29, 0.717) is 13.1 Å². The topological polar surface area (TPSA) is 48.0 Å². The zero-order valence-electron chi connectivity index (χ0n) is 16.8. The molecule has 5 nitrogen and oxygen atoms in total. The molecule has 2 saturated heterocycles. The lowest BCUT2D eigenvalue weighted by molar-refractivity contribution is 0.00578. The Morgan fingerprint density at radius 2 is 1.81 bits per heavy atom. The highest BCUT2D eigenvalue weighted by Gasteiger charge is 2.53. The van der Waals surface area contributed by atoms with Gasteiger partial charge in [-0.05, 0) is 48.5 Å². The molecule has 2 rings (SSSR count). The Labute approximate surface area is 156 Å². The third-order valence-electron chi connectivity index (χ3n) is 5.08. The van der Waals surface area contributed by atoms with Gasteiger partial charge in [-0.1, -0.05) is 6.08 Å². The van der Waals surface area contributed by atoms with Gasteiger partial charge in [0.2, 0.25) is 0 Å². The second-order valence-electron chi connectivity index (χ2n) is 8.96. The lowest BCUT2D eigenvalue weighted by Crippen LogP contribution is -2.41. The summed E-state index contributed by atoms with van der Waals surface area (Å²) in [6, 6.07) is 0. The van der Waals surface area contributed by atoms with Gasteiger partial charge in [-0.25, -0.2) is 9.18 Å². The van der Waals surface area contributed by atoms with Gasteiger partial charge in [0.25, 0.3) is 0 Å². The zero-order chi connectivity index (χ0) is 19.9. The highest BCUT2D eigenvalue weighted by molar-refractivity contribution is 6.53. The molecule has 2 heterocycles. The molecule has 0 aromatic heterocycles.